The molecule has 126 valence electrons. The first kappa shape index (κ1) is 17.1. The van der Waals surface area contributed by atoms with Gasteiger partial charge >= 0.3 is 0 Å². The summed E-state index contributed by atoms with van der Waals surface area (Å²) in [6.07, 6.45) is 4.86. The van der Waals surface area contributed by atoms with E-state index in [1.807, 2.05) is 55.5 Å². The SMILES string of the molecule is CC(c1cccc(Cl)c1)N(C)C(=O)/C=C/c1cnc2ccccc2n1. The van der Waals surface area contributed by atoms with Crippen molar-refractivity contribution in [2.45, 2.75) is 13.0 Å². The summed E-state index contributed by atoms with van der Waals surface area (Å²) >= 11 is 6.03. The number of para-hydroxylation sites is 2. The Labute approximate surface area is 151 Å². The van der Waals surface area contributed by atoms with Crippen molar-refractivity contribution in [2.75, 3.05) is 7.05 Å². The molecule has 0 saturated carbocycles. The van der Waals surface area contributed by atoms with Crippen molar-refractivity contribution in [2.24, 2.45) is 0 Å². The summed E-state index contributed by atoms with van der Waals surface area (Å²) in [5.74, 6) is -0.109. The number of carbonyl (C=O) groups excluding carboxylic acids is 1. The summed E-state index contributed by atoms with van der Waals surface area (Å²) in [6, 6.07) is 15.1. The molecule has 1 aromatic heterocycles. The van der Waals surface area contributed by atoms with Crippen molar-refractivity contribution in [3.05, 3.63) is 77.1 Å². The molecule has 0 aliphatic rings. The van der Waals surface area contributed by atoms with Crippen molar-refractivity contribution < 1.29 is 4.79 Å². The number of benzene rings is 2. The lowest BCUT2D eigenvalue weighted by molar-refractivity contribution is -0.126. The van der Waals surface area contributed by atoms with Gasteiger partial charge in [0, 0.05) is 18.1 Å². The van der Waals surface area contributed by atoms with E-state index in [9.17, 15) is 4.79 Å². The lowest BCUT2D eigenvalue weighted by atomic mass is 10.1. The highest BCUT2D eigenvalue weighted by molar-refractivity contribution is 6.30. The van der Waals surface area contributed by atoms with Crippen molar-refractivity contribution in [1.82, 2.24) is 14.9 Å². The van der Waals surface area contributed by atoms with Crippen LogP contribution in [0.5, 0.6) is 0 Å². The number of hydrogen-bond donors (Lipinski definition) is 0. The molecule has 0 aliphatic carbocycles. The molecule has 0 radical (unpaired) electrons. The molecule has 0 spiro atoms. The van der Waals surface area contributed by atoms with Gasteiger partial charge in [-0.15, -0.1) is 0 Å². The Bertz CT molecular complexity index is 939. The second kappa shape index (κ2) is 7.45. The number of fused-ring (bicyclic) bond motifs is 1. The first-order valence-corrected chi connectivity index (χ1v) is 8.34. The molecule has 0 saturated heterocycles. The molecule has 5 heteroatoms. The van der Waals surface area contributed by atoms with Crippen molar-refractivity contribution in [1.29, 1.82) is 0 Å². The molecule has 25 heavy (non-hydrogen) atoms. The summed E-state index contributed by atoms with van der Waals surface area (Å²) in [4.78, 5) is 22.9. The molecule has 0 aliphatic heterocycles. The predicted octanol–water partition coefficient (Wildman–Crippen LogP) is 4.52. The average Bonchev–Trinajstić information content (AvgIpc) is 2.64. The lowest BCUT2D eigenvalue weighted by Crippen LogP contribution is -2.27. The van der Waals surface area contributed by atoms with Gasteiger partial charge in [0.1, 0.15) is 0 Å². The largest absolute Gasteiger partial charge is 0.335 e. The third-order valence-electron chi connectivity index (χ3n) is 4.12. The maximum atomic E-state index is 12.4. The van der Waals surface area contributed by atoms with Gasteiger partial charge in [0.25, 0.3) is 0 Å². The van der Waals surface area contributed by atoms with E-state index in [2.05, 4.69) is 9.97 Å². The maximum Gasteiger partial charge on any atom is 0.246 e. The van der Waals surface area contributed by atoms with Crippen LogP contribution in [-0.2, 0) is 4.79 Å². The summed E-state index contributed by atoms with van der Waals surface area (Å²) < 4.78 is 0. The van der Waals surface area contributed by atoms with Crippen LogP contribution in [0.15, 0.2) is 60.8 Å². The Balaban J connectivity index is 1.74. The van der Waals surface area contributed by atoms with Crippen LogP contribution in [0.1, 0.15) is 24.2 Å². The molecule has 3 aromatic rings. The van der Waals surface area contributed by atoms with E-state index in [0.29, 0.717) is 10.7 Å². The maximum absolute atomic E-state index is 12.4. The number of amides is 1. The third-order valence-corrected chi connectivity index (χ3v) is 4.36. The zero-order chi connectivity index (χ0) is 17.8. The summed E-state index contributed by atoms with van der Waals surface area (Å²) in [6.45, 7) is 1.97. The fraction of sp³-hybridized carbons (Fsp3) is 0.150. The molecular weight excluding hydrogens is 334 g/mol. The zero-order valence-electron chi connectivity index (χ0n) is 14.1. The standard InChI is InChI=1S/C20H18ClN3O/c1-14(15-6-5-7-16(21)12-15)24(2)20(25)11-10-17-13-22-18-8-3-4-9-19(18)23-17/h3-14H,1-2H3/b11-10+. The minimum Gasteiger partial charge on any atom is -0.335 e. The Hall–Kier alpha value is -2.72. The summed E-state index contributed by atoms with van der Waals surface area (Å²) in [5.41, 5.74) is 3.27. The number of rotatable bonds is 4. The second-order valence-electron chi connectivity index (χ2n) is 5.80. The van der Waals surface area contributed by atoms with Gasteiger partial charge in [-0.1, -0.05) is 35.9 Å². The fourth-order valence-electron chi connectivity index (χ4n) is 2.51. The molecule has 1 unspecified atom stereocenters. The van der Waals surface area contributed by atoms with E-state index >= 15 is 0 Å². The van der Waals surface area contributed by atoms with Gasteiger partial charge in [-0.05, 0) is 42.8 Å². The van der Waals surface area contributed by atoms with Gasteiger partial charge in [-0.25, -0.2) is 4.98 Å². The Morgan fingerprint density at radius 2 is 1.92 bits per heavy atom. The van der Waals surface area contributed by atoms with Gasteiger partial charge < -0.3 is 4.90 Å². The molecule has 0 N–H and O–H groups in total. The highest BCUT2D eigenvalue weighted by Crippen LogP contribution is 2.22. The predicted molar refractivity (Wildman–Crippen MR) is 101 cm³/mol. The third kappa shape index (κ3) is 4.03. The van der Waals surface area contributed by atoms with Crippen LogP contribution in [0.3, 0.4) is 0 Å². The Morgan fingerprint density at radius 1 is 1.16 bits per heavy atom. The smallest absolute Gasteiger partial charge is 0.246 e. The van der Waals surface area contributed by atoms with E-state index in [4.69, 9.17) is 11.6 Å². The molecule has 1 heterocycles. The van der Waals surface area contributed by atoms with Crippen LogP contribution in [-0.4, -0.2) is 27.8 Å². The van der Waals surface area contributed by atoms with Gasteiger partial charge in [0.15, 0.2) is 0 Å². The second-order valence-corrected chi connectivity index (χ2v) is 6.23. The van der Waals surface area contributed by atoms with Crippen molar-refractivity contribution in [3.63, 3.8) is 0 Å². The van der Waals surface area contributed by atoms with E-state index < -0.39 is 0 Å². The Kier molecular flexibility index (Phi) is 5.10. The van der Waals surface area contributed by atoms with Gasteiger partial charge in [0.2, 0.25) is 5.91 Å². The minimum absolute atomic E-state index is 0.0847. The van der Waals surface area contributed by atoms with Crippen LogP contribution < -0.4 is 0 Å². The van der Waals surface area contributed by atoms with Gasteiger partial charge in [-0.3, -0.25) is 9.78 Å². The van der Waals surface area contributed by atoms with Gasteiger partial charge in [-0.2, -0.15) is 0 Å². The highest BCUT2D eigenvalue weighted by atomic mass is 35.5. The first-order valence-electron chi connectivity index (χ1n) is 7.97. The number of nitrogens with zero attached hydrogens (tertiary/aromatic N) is 3. The van der Waals surface area contributed by atoms with Crippen molar-refractivity contribution in [3.8, 4) is 0 Å². The molecular formula is C20H18ClN3O. The molecule has 3 rings (SSSR count). The molecule has 1 amide bonds. The number of aromatic nitrogens is 2. The topological polar surface area (TPSA) is 46.1 Å². The normalized spacial score (nSPS) is 12.4. The highest BCUT2D eigenvalue weighted by Gasteiger charge is 2.15. The van der Waals surface area contributed by atoms with Crippen LogP contribution in [0, 0.1) is 0 Å². The molecule has 1 atom stereocenters. The van der Waals surface area contributed by atoms with E-state index in [1.165, 1.54) is 6.08 Å². The summed E-state index contributed by atoms with van der Waals surface area (Å²) in [7, 11) is 1.77. The van der Waals surface area contributed by atoms with Crippen LogP contribution in [0.2, 0.25) is 5.02 Å². The van der Waals surface area contributed by atoms with E-state index in [-0.39, 0.29) is 11.9 Å². The summed E-state index contributed by atoms with van der Waals surface area (Å²) in [5, 5.41) is 0.659. The van der Waals surface area contributed by atoms with Crippen LogP contribution in [0.25, 0.3) is 17.1 Å². The lowest BCUT2D eigenvalue weighted by Gasteiger charge is -2.24. The van der Waals surface area contributed by atoms with E-state index in [1.54, 1.807) is 24.2 Å². The monoisotopic (exact) mass is 351 g/mol. The number of likely N-dealkylation sites (N-methyl/N-ethyl adjacent to an activating group) is 1. The minimum atomic E-state index is -0.109. The molecule has 0 bridgehead atoms. The first-order chi connectivity index (χ1) is 12.0. The van der Waals surface area contributed by atoms with Crippen molar-refractivity contribution >= 4 is 34.6 Å². The van der Waals surface area contributed by atoms with Gasteiger partial charge in [0.05, 0.1) is 29.0 Å². The zero-order valence-corrected chi connectivity index (χ0v) is 14.8. The molecule has 2 aromatic carbocycles. The molecule has 0 fully saturated rings. The number of hydrogen-bond acceptors (Lipinski definition) is 3. The van der Waals surface area contributed by atoms with Crippen LogP contribution in [0.4, 0.5) is 0 Å². The Morgan fingerprint density at radius 3 is 2.68 bits per heavy atom. The number of halogens is 1. The quantitative estimate of drug-likeness (QED) is 0.649. The van der Waals surface area contributed by atoms with E-state index in [0.717, 1.165) is 16.6 Å². The number of carbonyl (C=O) groups is 1. The van der Waals surface area contributed by atoms with Crippen LogP contribution >= 0.6 is 11.6 Å². The molecule has 4 nitrogen and oxygen atoms in total. The fourth-order valence-corrected chi connectivity index (χ4v) is 2.71. The average molecular weight is 352 g/mol.